The largest absolute Gasteiger partial charge is 0.449 e. The number of terminal acetylenes is 1. The minimum absolute atomic E-state index is 0.124. The molecule has 0 aromatic heterocycles. The maximum Gasteiger partial charge on any atom is 0.416 e. The summed E-state index contributed by atoms with van der Waals surface area (Å²) in [5.41, 5.74) is 1.77. The fraction of sp³-hybridized carbons (Fsp3) is 0.357. The number of nitrogens with zero attached hydrogens (tertiary/aromatic N) is 1. The van der Waals surface area contributed by atoms with Gasteiger partial charge in [0, 0.05) is 0 Å². The van der Waals surface area contributed by atoms with Crippen molar-refractivity contribution in [2.24, 2.45) is 0 Å². The molecule has 0 spiro atoms. The Labute approximate surface area is 120 Å². The monoisotopic (exact) mass is 323 g/mol. The summed E-state index contributed by atoms with van der Waals surface area (Å²) in [5.74, 6) is 2.41. The van der Waals surface area contributed by atoms with Crippen molar-refractivity contribution in [1.82, 2.24) is 0 Å². The molecule has 2 rings (SSSR count). The van der Waals surface area contributed by atoms with Crippen LogP contribution in [-0.2, 0) is 9.47 Å². The molecule has 1 aliphatic rings. The van der Waals surface area contributed by atoms with Crippen LogP contribution in [0, 0.1) is 12.3 Å². The van der Waals surface area contributed by atoms with Crippen molar-refractivity contribution in [3.05, 3.63) is 29.8 Å². The minimum atomic E-state index is -0.493. The minimum Gasteiger partial charge on any atom is -0.449 e. The summed E-state index contributed by atoms with van der Waals surface area (Å²) in [6.07, 6.45) is 4.29. The van der Waals surface area contributed by atoms with E-state index in [1.54, 1.807) is 6.92 Å². The second kappa shape index (κ2) is 6.09. The number of hydrogen-bond donors (Lipinski definition) is 0. The van der Waals surface area contributed by atoms with Gasteiger partial charge in [0.2, 0.25) is 0 Å². The van der Waals surface area contributed by atoms with E-state index >= 15 is 0 Å². The van der Waals surface area contributed by atoms with Crippen molar-refractivity contribution in [2.45, 2.75) is 18.0 Å². The van der Waals surface area contributed by atoms with Gasteiger partial charge in [-0.3, -0.25) is 0 Å². The molecule has 0 radical (unpaired) electrons. The lowest BCUT2D eigenvalue weighted by molar-refractivity contribution is 0.0730. The van der Waals surface area contributed by atoms with Crippen LogP contribution in [-0.4, -0.2) is 25.5 Å². The van der Waals surface area contributed by atoms with Gasteiger partial charge in [0.1, 0.15) is 6.61 Å². The number of carbonyl (C=O) groups is 1. The number of benzene rings is 1. The first-order chi connectivity index (χ1) is 9.20. The maximum absolute atomic E-state index is 12.1. The average Bonchev–Trinajstić information content (AvgIpc) is 2.70. The Morgan fingerprint density at radius 3 is 2.95 bits per heavy atom. The van der Waals surface area contributed by atoms with Crippen LogP contribution in [0.4, 0.5) is 10.5 Å². The summed E-state index contributed by atoms with van der Waals surface area (Å²) in [6.45, 7) is 2.21. The number of halogens is 1. The quantitative estimate of drug-likeness (QED) is 0.634. The van der Waals surface area contributed by atoms with Crippen molar-refractivity contribution in [3.8, 4) is 12.3 Å². The highest BCUT2D eigenvalue weighted by atomic mass is 79.9. The van der Waals surface area contributed by atoms with Gasteiger partial charge in [-0.05, 0) is 18.6 Å². The standard InChI is InChI=1S/C14H14BrNO3/c1-3-9-19-13-12(15)10-7-5-6-8-11(10)16(13)14(17)18-4-2/h1,5-8,12-13H,4,9H2,2H3. The predicted molar refractivity (Wildman–Crippen MR) is 76.2 cm³/mol. The molecule has 1 aromatic rings. The summed E-state index contributed by atoms with van der Waals surface area (Å²) >= 11 is 3.55. The van der Waals surface area contributed by atoms with E-state index in [9.17, 15) is 4.79 Å². The zero-order chi connectivity index (χ0) is 13.8. The van der Waals surface area contributed by atoms with Gasteiger partial charge in [-0.2, -0.15) is 0 Å². The van der Waals surface area contributed by atoms with E-state index in [0.717, 1.165) is 11.3 Å². The number of amides is 1. The predicted octanol–water partition coefficient (Wildman–Crippen LogP) is 3.08. The summed E-state index contributed by atoms with van der Waals surface area (Å²) in [4.78, 5) is 13.5. The zero-order valence-corrected chi connectivity index (χ0v) is 12.1. The van der Waals surface area contributed by atoms with Gasteiger partial charge in [0.05, 0.1) is 17.1 Å². The Bertz CT molecular complexity index is 512. The Balaban J connectivity index is 2.34. The molecule has 100 valence electrons. The third kappa shape index (κ3) is 2.60. The smallest absolute Gasteiger partial charge is 0.416 e. The van der Waals surface area contributed by atoms with Crippen molar-refractivity contribution in [3.63, 3.8) is 0 Å². The summed E-state index contributed by atoms with van der Waals surface area (Å²) in [5, 5.41) is 0. The number of anilines is 1. The molecule has 0 N–H and O–H groups in total. The van der Waals surface area contributed by atoms with Crippen LogP contribution in [0.3, 0.4) is 0 Å². The van der Waals surface area contributed by atoms with E-state index in [0.29, 0.717) is 6.61 Å². The number of para-hydroxylation sites is 1. The number of fused-ring (bicyclic) bond motifs is 1. The molecule has 0 bridgehead atoms. The third-order valence-electron chi connectivity index (χ3n) is 2.80. The molecular formula is C14H14BrNO3. The molecule has 19 heavy (non-hydrogen) atoms. The van der Waals surface area contributed by atoms with Crippen LogP contribution < -0.4 is 4.90 Å². The van der Waals surface area contributed by atoms with Gasteiger partial charge < -0.3 is 9.47 Å². The van der Waals surface area contributed by atoms with E-state index in [2.05, 4.69) is 21.9 Å². The van der Waals surface area contributed by atoms with Gasteiger partial charge >= 0.3 is 6.09 Å². The molecule has 0 aliphatic carbocycles. The van der Waals surface area contributed by atoms with Crippen LogP contribution in [0.25, 0.3) is 0 Å². The highest BCUT2D eigenvalue weighted by Crippen LogP contribution is 2.45. The Morgan fingerprint density at radius 1 is 1.53 bits per heavy atom. The molecule has 1 heterocycles. The normalized spacial score (nSPS) is 20.8. The first-order valence-electron chi connectivity index (χ1n) is 5.94. The molecule has 0 fully saturated rings. The molecule has 0 saturated carbocycles. The number of hydrogen-bond acceptors (Lipinski definition) is 3. The van der Waals surface area contributed by atoms with Crippen molar-refractivity contribution in [2.75, 3.05) is 18.1 Å². The van der Waals surface area contributed by atoms with Crippen LogP contribution in [0.15, 0.2) is 24.3 Å². The molecule has 4 nitrogen and oxygen atoms in total. The van der Waals surface area contributed by atoms with Crippen LogP contribution in [0.5, 0.6) is 0 Å². The van der Waals surface area contributed by atoms with Crippen LogP contribution in [0.1, 0.15) is 17.3 Å². The van der Waals surface area contributed by atoms with Crippen molar-refractivity contribution < 1.29 is 14.3 Å². The fourth-order valence-electron chi connectivity index (χ4n) is 2.05. The lowest BCUT2D eigenvalue weighted by Crippen LogP contribution is -2.40. The van der Waals surface area contributed by atoms with Gasteiger partial charge in [0.15, 0.2) is 6.23 Å². The van der Waals surface area contributed by atoms with Gasteiger partial charge in [-0.1, -0.05) is 40.0 Å². The molecular weight excluding hydrogens is 310 g/mol. The highest BCUT2D eigenvalue weighted by molar-refractivity contribution is 9.09. The van der Waals surface area contributed by atoms with Crippen molar-refractivity contribution in [1.29, 1.82) is 0 Å². The van der Waals surface area contributed by atoms with Crippen molar-refractivity contribution >= 4 is 27.7 Å². The lowest BCUT2D eigenvalue weighted by atomic mass is 10.2. The summed E-state index contributed by atoms with van der Waals surface area (Å²) in [7, 11) is 0. The highest BCUT2D eigenvalue weighted by Gasteiger charge is 2.41. The van der Waals surface area contributed by atoms with Crippen LogP contribution in [0.2, 0.25) is 0 Å². The molecule has 1 aliphatic heterocycles. The first kappa shape index (κ1) is 13.9. The molecule has 5 heteroatoms. The number of carbonyl (C=O) groups excluding carboxylic acids is 1. The van der Waals surface area contributed by atoms with E-state index in [-0.39, 0.29) is 11.4 Å². The lowest BCUT2D eigenvalue weighted by Gasteiger charge is -2.25. The zero-order valence-electron chi connectivity index (χ0n) is 10.5. The molecule has 0 saturated heterocycles. The van der Waals surface area contributed by atoms with Gasteiger partial charge in [-0.25, -0.2) is 9.69 Å². The summed E-state index contributed by atoms with van der Waals surface area (Å²) < 4.78 is 10.6. The Hall–Kier alpha value is -1.51. The SMILES string of the molecule is C#CCOC1C(Br)c2ccccc2N1C(=O)OCC. The molecule has 1 aromatic carbocycles. The molecule has 2 unspecified atom stereocenters. The fourth-order valence-corrected chi connectivity index (χ4v) is 2.83. The average molecular weight is 324 g/mol. The van der Waals surface area contributed by atoms with E-state index in [1.165, 1.54) is 4.90 Å². The third-order valence-corrected chi connectivity index (χ3v) is 3.75. The number of alkyl halides is 1. The molecule has 2 atom stereocenters. The topological polar surface area (TPSA) is 38.8 Å². The molecule has 1 amide bonds. The maximum atomic E-state index is 12.1. The van der Waals surface area contributed by atoms with E-state index < -0.39 is 12.3 Å². The van der Waals surface area contributed by atoms with E-state index in [4.69, 9.17) is 15.9 Å². The Kier molecular flexibility index (Phi) is 4.46. The van der Waals surface area contributed by atoms with Crippen LogP contribution >= 0.6 is 15.9 Å². The number of rotatable bonds is 3. The first-order valence-corrected chi connectivity index (χ1v) is 6.86. The van der Waals surface area contributed by atoms with E-state index in [1.807, 2.05) is 24.3 Å². The second-order valence-electron chi connectivity index (χ2n) is 3.94. The van der Waals surface area contributed by atoms with Gasteiger partial charge in [0.25, 0.3) is 0 Å². The Morgan fingerprint density at radius 2 is 2.26 bits per heavy atom. The van der Waals surface area contributed by atoms with Gasteiger partial charge in [-0.15, -0.1) is 6.42 Å². The number of ether oxygens (including phenoxy) is 2. The summed E-state index contributed by atoms with van der Waals surface area (Å²) in [6, 6.07) is 7.59. The second-order valence-corrected chi connectivity index (χ2v) is 4.92.